The summed E-state index contributed by atoms with van der Waals surface area (Å²) in [5, 5.41) is 6.12. The molecule has 2 aliphatic rings. The molecule has 4 heteroatoms. The molecule has 20 heavy (non-hydrogen) atoms. The predicted molar refractivity (Wildman–Crippen MR) is 79.3 cm³/mol. The molecule has 0 aromatic heterocycles. The van der Waals surface area contributed by atoms with Gasteiger partial charge in [-0.3, -0.25) is 9.59 Å². The van der Waals surface area contributed by atoms with Crippen LogP contribution in [0.3, 0.4) is 0 Å². The Labute approximate surface area is 122 Å². The molecule has 2 saturated carbocycles. The molecule has 0 heterocycles. The lowest BCUT2D eigenvalue weighted by Crippen LogP contribution is -2.38. The van der Waals surface area contributed by atoms with Crippen LogP contribution in [0, 0.1) is 0 Å². The maximum absolute atomic E-state index is 11.8. The molecular weight excluding hydrogens is 252 g/mol. The van der Waals surface area contributed by atoms with E-state index in [2.05, 4.69) is 10.6 Å². The Hall–Kier alpha value is -1.06. The minimum Gasteiger partial charge on any atom is -0.353 e. The molecule has 0 saturated heterocycles. The van der Waals surface area contributed by atoms with Crippen molar-refractivity contribution < 1.29 is 9.59 Å². The van der Waals surface area contributed by atoms with Crippen molar-refractivity contribution in [1.82, 2.24) is 10.6 Å². The Kier molecular flexibility index (Phi) is 6.34. The number of nitrogens with one attached hydrogen (secondary N) is 2. The number of carbonyl (C=O) groups excluding carboxylic acids is 2. The lowest BCUT2D eigenvalue weighted by molar-refractivity contribution is -0.127. The average molecular weight is 280 g/mol. The third-order valence-electron chi connectivity index (χ3n) is 4.52. The van der Waals surface area contributed by atoms with E-state index in [0.29, 0.717) is 24.9 Å². The number of carbonyl (C=O) groups is 2. The summed E-state index contributed by atoms with van der Waals surface area (Å²) in [4.78, 5) is 23.6. The molecule has 0 radical (unpaired) electrons. The monoisotopic (exact) mass is 280 g/mol. The topological polar surface area (TPSA) is 58.2 Å². The van der Waals surface area contributed by atoms with Gasteiger partial charge in [0.2, 0.25) is 11.8 Å². The minimum atomic E-state index is 0.0377. The lowest BCUT2D eigenvalue weighted by atomic mass is 9.95. The van der Waals surface area contributed by atoms with Gasteiger partial charge in [0.25, 0.3) is 0 Å². The van der Waals surface area contributed by atoms with Gasteiger partial charge in [0, 0.05) is 24.9 Å². The van der Waals surface area contributed by atoms with Crippen LogP contribution >= 0.6 is 0 Å². The molecule has 4 nitrogen and oxygen atoms in total. The van der Waals surface area contributed by atoms with E-state index >= 15 is 0 Å². The van der Waals surface area contributed by atoms with Crippen molar-refractivity contribution in [2.45, 2.75) is 89.1 Å². The Morgan fingerprint density at radius 1 is 0.650 bits per heavy atom. The summed E-state index contributed by atoms with van der Waals surface area (Å²) < 4.78 is 0. The van der Waals surface area contributed by atoms with Gasteiger partial charge in [-0.25, -0.2) is 0 Å². The van der Waals surface area contributed by atoms with Crippen molar-refractivity contribution in [3.8, 4) is 0 Å². The summed E-state index contributed by atoms with van der Waals surface area (Å²) in [5.41, 5.74) is 0. The summed E-state index contributed by atoms with van der Waals surface area (Å²) in [6.07, 6.45) is 12.5. The number of hydrogen-bond acceptors (Lipinski definition) is 2. The van der Waals surface area contributed by atoms with Crippen LogP contribution in [0.25, 0.3) is 0 Å². The standard InChI is InChI=1S/C16H28N2O2/c19-15(17-13-7-3-1-4-8-13)11-12-16(20)18-14-9-5-2-6-10-14/h13-14H,1-12H2,(H,17,19)(H,18,20). The van der Waals surface area contributed by atoms with E-state index < -0.39 is 0 Å². The summed E-state index contributed by atoms with van der Waals surface area (Å²) >= 11 is 0. The van der Waals surface area contributed by atoms with E-state index in [9.17, 15) is 9.59 Å². The number of rotatable bonds is 5. The van der Waals surface area contributed by atoms with Crippen molar-refractivity contribution in [3.63, 3.8) is 0 Å². The zero-order valence-electron chi connectivity index (χ0n) is 12.5. The molecule has 0 aliphatic heterocycles. The Morgan fingerprint density at radius 2 is 1.00 bits per heavy atom. The molecule has 0 unspecified atom stereocenters. The third-order valence-corrected chi connectivity index (χ3v) is 4.52. The molecule has 0 aromatic rings. The van der Waals surface area contributed by atoms with Crippen LogP contribution in [0.1, 0.15) is 77.0 Å². The van der Waals surface area contributed by atoms with Crippen molar-refractivity contribution in [2.24, 2.45) is 0 Å². The van der Waals surface area contributed by atoms with Crippen LogP contribution in [0.2, 0.25) is 0 Å². The smallest absolute Gasteiger partial charge is 0.220 e. The van der Waals surface area contributed by atoms with E-state index in [1.807, 2.05) is 0 Å². The summed E-state index contributed by atoms with van der Waals surface area (Å²) in [6.45, 7) is 0. The molecule has 2 aliphatic carbocycles. The molecule has 0 spiro atoms. The van der Waals surface area contributed by atoms with Crippen molar-refractivity contribution in [2.75, 3.05) is 0 Å². The van der Waals surface area contributed by atoms with Crippen LogP contribution in [0.5, 0.6) is 0 Å². The van der Waals surface area contributed by atoms with Crippen molar-refractivity contribution in [1.29, 1.82) is 0 Å². The largest absolute Gasteiger partial charge is 0.353 e. The Morgan fingerprint density at radius 3 is 1.35 bits per heavy atom. The Bertz CT molecular complexity index is 286. The first kappa shape index (κ1) is 15.3. The fourth-order valence-corrected chi connectivity index (χ4v) is 3.32. The Balaban J connectivity index is 1.58. The second-order valence-corrected chi connectivity index (χ2v) is 6.30. The lowest BCUT2D eigenvalue weighted by Gasteiger charge is -2.23. The van der Waals surface area contributed by atoms with Gasteiger partial charge >= 0.3 is 0 Å². The van der Waals surface area contributed by atoms with Crippen LogP contribution in [-0.2, 0) is 9.59 Å². The zero-order valence-corrected chi connectivity index (χ0v) is 12.5. The van der Waals surface area contributed by atoms with Gasteiger partial charge in [0.15, 0.2) is 0 Å². The van der Waals surface area contributed by atoms with E-state index in [-0.39, 0.29) is 11.8 Å². The van der Waals surface area contributed by atoms with Crippen molar-refractivity contribution in [3.05, 3.63) is 0 Å². The molecule has 0 aromatic carbocycles. The van der Waals surface area contributed by atoms with Crippen LogP contribution in [0.4, 0.5) is 0 Å². The normalized spacial score (nSPS) is 21.4. The van der Waals surface area contributed by atoms with Gasteiger partial charge in [-0.15, -0.1) is 0 Å². The maximum atomic E-state index is 11.8. The second-order valence-electron chi connectivity index (χ2n) is 6.30. The molecule has 2 N–H and O–H groups in total. The van der Waals surface area contributed by atoms with Gasteiger partial charge in [0.05, 0.1) is 0 Å². The highest BCUT2D eigenvalue weighted by Gasteiger charge is 2.18. The fourth-order valence-electron chi connectivity index (χ4n) is 3.32. The van der Waals surface area contributed by atoms with Crippen LogP contribution < -0.4 is 10.6 Å². The van der Waals surface area contributed by atoms with E-state index in [4.69, 9.17) is 0 Å². The first-order valence-electron chi connectivity index (χ1n) is 8.33. The SMILES string of the molecule is O=C(CCC(=O)NC1CCCCC1)NC1CCCCC1. The second kappa shape index (κ2) is 8.28. The first-order valence-corrected chi connectivity index (χ1v) is 8.33. The summed E-state index contributed by atoms with van der Waals surface area (Å²) in [5.74, 6) is 0.0754. The summed E-state index contributed by atoms with van der Waals surface area (Å²) in [7, 11) is 0. The molecule has 114 valence electrons. The van der Waals surface area contributed by atoms with Gasteiger partial charge in [-0.1, -0.05) is 38.5 Å². The molecule has 2 amide bonds. The van der Waals surface area contributed by atoms with Gasteiger partial charge < -0.3 is 10.6 Å². The van der Waals surface area contributed by atoms with Crippen LogP contribution in [-0.4, -0.2) is 23.9 Å². The molecule has 0 atom stereocenters. The highest BCUT2D eigenvalue weighted by atomic mass is 16.2. The van der Waals surface area contributed by atoms with Gasteiger partial charge in [0.1, 0.15) is 0 Å². The van der Waals surface area contributed by atoms with Gasteiger partial charge in [-0.05, 0) is 25.7 Å². The number of amides is 2. The maximum Gasteiger partial charge on any atom is 0.220 e. The minimum absolute atomic E-state index is 0.0377. The highest BCUT2D eigenvalue weighted by Crippen LogP contribution is 2.18. The van der Waals surface area contributed by atoms with E-state index in [1.165, 1.54) is 38.5 Å². The molecule has 0 bridgehead atoms. The summed E-state index contributed by atoms with van der Waals surface area (Å²) in [6, 6.07) is 0.690. The number of hydrogen-bond donors (Lipinski definition) is 2. The fraction of sp³-hybridized carbons (Fsp3) is 0.875. The predicted octanol–water partition coefficient (Wildman–Crippen LogP) is 2.66. The first-order chi connectivity index (χ1) is 9.74. The third kappa shape index (κ3) is 5.51. The van der Waals surface area contributed by atoms with Crippen molar-refractivity contribution >= 4 is 11.8 Å². The zero-order chi connectivity index (χ0) is 14.2. The van der Waals surface area contributed by atoms with E-state index in [1.54, 1.807) is 0 Å². The van der Waals surface area contributed by atoms with Gasteiger partial charge in [-0.2, -0.15) is 0 Å². The van der Waals surface area contributed by atoms with E-state index in [0.717, 1.165) is 25.7 Å². The molecule has 2 rings (SSSR count). The molecular formula is C16H28N2O2. The molecule has 2 fully saturated rings. The average Bonchev–Trinajstić information content (AvgIpc) is 2.47. The van der Waals surface area contributed by atoms with Crippen LogP contribution in [0.15, 0.2) is 0 Å². The quantitative estimate of drug-likeness (QED) is 0.813. The highest BCUT2D eigenvalue weighted by molar-refractivity contribution is 5.83.